The lowest BCUT2D eigenvalue weighted by atomic mass is 10.0. The van der Waals surface area contributed by atoms with E-state index in [-0.39, 0.29) is 0 Å². The number of ether oxygens (including phenoxy) is 1. The number of hydrogen-bond acceptors (Lipinski definition) is 4. The van der Waals surface area contributed by atoms with Crippen LogP contribution in [-0.2, 0) is 14.4 Å². The third-order valence-electron chi connectivity index (χ3n) is 1.75. The lowest BCUT2D eigenvalue weighted by Gasteiger charge is -2.13. The predicted molar refractivity (Wildman–Crippen MR) is 49.0 cm³/mol. The molecule has 1 aliphatic rings. The van der Waals surface area contributed by atoms with E-state index >= 15 is 0 Å². The zero-order valence-electron chi connectivity index (χ0n) is 7.04. The maximum Gasteiger partial charge on any atom is 0.368 e. The first kappa shape index (κ1) is 10.3. The summed E-state index contributed by atoms with van der Waals surface area (Å²) in [6.07, 6.45) is 2.75. The molecule has 0 amide bonds. The molecular formula is C8H9BrO4. The topological polar surface area (TPSA) is 55.8 Å². The van der Waals surface area contributed by atoms with E-state index in [0.29, 0.717) is 24.2 Å². The zero-order chi connectivity index (χ0) is 9.84. The van der Waals surface area contributed by atoms with Crippen LogP contribution in [0.4, 0.5) is 0 Å². The van der Waals surface area contributed by atoms with Crippen molar-refractivity contribution in [2.45, 2.75) is 12.8 Å². The number of allylic oxidation sites excluding steroid dienone is 2. The van der Waals surface area contributed by atoms with E-state index in [1.165, 1.54) is 7.11 Å². The molecule has 0 aromatic heterocycles. The number of hydrogen-bond donors (Lipinski definition) is 1. The molecule has 13 heavy (non-hydrogen) atoms. The second kappa shape index (κ2) is 4.43. The van der Waals surface area contributed by atoms with Crippen molar-refractivity contribution in [1.29, 1.82) is 0 Å². The average molecular weight is 249 g/mol. The van der Waals surface area contributed by atoms with Crippen LogP contribution in [0.2, 0.25) is 0 Å². The first-order valence-corrected chi connectivity index (χ1v) is 4.47. The highest BCUT2D eigenvalue weighted by atomic mass is 79.9. The van der Waals surface area contributed by atoms with Crippen molar-refractivity contribution in [1.82, 2.24) is 0 Å². The summed E-state index contributed by atoms with van der Waals surface area (Å²) in [4.78, 5) is 14.5. The largest absolute Gasteiger partial charge is 0.496 e. The fraction of sp³-hybridized carbons (Fsp3) is 0.375. The molecule has 72 valence electrons. The van der Waals surface area contributed by atoms with E-state index in [1.54, 1.807) is 6.08 Å². The summed E-state index contributed by atoms with van der Waals surface area (Å²) in [5, 5.41) is 8.15. The van der Waals surface area contributed by atoms with Crippen molar-refractivity contribution < 1.29 is 19.7 Å². The minimum atomic E-state index is -0.727. The van der Waals surface area contributed by atoms with Crippen LogP contribution in [0.3, 0.4) is 0 Å². The lowest BCUT2D eigenvalue weighted by Crippen LogP contribution is -2.09. The molecule has 0 aliphatic heterocycles. The lowest BCUT2D eigenvalue weighted by molar-refractivity contribution is -0.229. The summed E-state index contributed by atoms with van der Waals surface area (Å²) >= 11 is 3.31. The van der Waals surface area contributed by atoms with Crippen molar-refractivity contribution >= 4 is 21.9 Å². The molecule has 0 heterocycles. The number of methoxy groups -OCH3 is 1. The summed E-state index contributed by atoms with van der Waals surface area (Å²) in [6, 6.07) is 0. The van der Waals surface area contributed by atoms with Crippen LogP contribution >= 0.6 is 15.9 Å². The molecule has 1 N–H and O–H groups in total. The van der Waals surface area contributed by atoms with Crippen LogP contribution in [0.1, 0.15) is 12.8 Å². The maximum atomic E-state index is 10.9. The van der Waals surface area contributed by atoms with E-state index in [0.717, 1.165) is 4.48 Å². The molecule has 0 radical (unpaired) electrons. The highest BCUT2D eigenvalue weighted by molar-refractivity contribution is 9.11. The predicted octanol–water partition coefficient (Wildman–Crippen LogP) is 1.98. The Morgan fingerprint density at radius 3 is 2.85 bits per heavy atom. The van der Waals surface area contributed by atoms with Gasteiger partial charge in [-0.05, 0) is 18.9 Å². The molecule has 0 atom stereocenters. The second-order valence-corrected chi connectivity index (χ2v) is 3.48. The van der Waals surface area contributed by atoms with Crippen molar-refractivity contribution in [3.05, 3.63) is 21.9 Å². The molecule has 0 aromatic rings. The smallest absolute Gasteiger partial charge is 0.368 e. The molecule has 4 nitrogen and oxygen atoms in total. The Morgan fingerprint density at radius 1 is 1.62 bits per heavy atom. The van der Waals surface area contributed by atoms with Gasteiger partial charge in [-0.2, -0.15) is 5.26 Å². The van der Waals surface area contributed by atoms with Gasteiger partial charge in [0.2, 0.25) is 0 Å². The minimum absolute atomic E-state index is 0.405. The van der Waals surface area contributed by atoms with Gasteiger partial charge in [0.25, 0.3) is 0 Å². The zero-order valence-corrected chi connectivity index (χ0v) is 8.63. The maximum absolute atomic E-state index is 10.9. The SMILES string of the molecule is COC1=C(Br)CCC(C(=O)OO)=C1. The Labute approximate surface area is 83.9 Å². The van der Waals surface area contributed by atoms with Crippen LogP contribution in [0, 0.1) is 0 Å². The molecule has 0 fully saturated rings. The molecule has 0 aromatic carbocycles. The van der Waals surface area contributed by atoms with E-state index in [1.807, 2.05) is 0 Å². The highest BCUT2D eigenvalue weighted by Crippen LogP contribution is 2.28. The number of rotatable bonds is 2. The average Bonchev–Trinajstić information content (AvgIpc) is 2.17. The Morgan fingerprint density at radius 2 is 2.31 bits per heavy atom. The Balaban J connectivity index is 2.86. The number of carbonyl (C=O) groups excluding carboxylic acids is 1. The molecule has 0 saturated heterocycles. The third-order valence-corrected chi connectivity index (χ3v) is 2.54. The Bertz CT molecular complexity index is 280. The van der Waals surface area contributed by atoms with Crippen molar-refractivity contribution in [2.24, 2.45) is 0 Å². The van der Waals surface area contributed by atoms with E-state index in [2.05, 4.69) is 20.8 Å². The number of carbonyl (C=O) groups is 1. The summed E-state index contributed by atoms with van der Waals surface area (Å²) in [6.45, 7) is 0. The van der Waals surface area contributed by atoms with Crippen molar-refractivity contribution in [2.75, 3.05) is 7.11 Å². The van der Waals surface area contributed by atoms with Crippen molar-refractivity contribution in [3.63, 3.8) is 0 Å². The van der Waals surface area contributed by atoms with Gasteiger partial charge in [-0.1, -0.05) is 15.9 Å². The molecule has 1 aliphatic carbocycles. The highest BCUT2D eigenvalue weighted by Gasteiger charge is 2.18. The fourth-order valence-corrected chi connectivity index (χ4v) is 1.54. The van der Waals surface area contributed by atoms with Gasteiger partial charge in [0.15, 0.2) is 0 Å². The van der Waals surface area contributed by atoms with Crippen LogP contribution in [0.15, 0.2) is 21.9 Å². The molecule has 0 saturated carbocycles. The van der Waals surface area contributed by atoms with Gasteiger partial charge in [0.1, 0.15) is 5.76 Å². The van der Waals surface area contributed by atoms with Gasteiger partial charge in [0.05, 0.1) is 7.11 Å². The Hall–Kier alpha value is -0.810. The molecule has 5 heteroatoms. The fourth-order valence-electron chi connectivity index (χ4n) is 1.07. The van der Waals surface area contributed by atoms with Gasteiger partial charge in [-0.25, -0.2) is 4.79 Å². The van der Waals surface area contributed by atoms with Crippen LogP contribution in [0.25, 0.3) is 0 Å². The summed E-state index contributed by atoms with van der Waals surface area (Å²) < 4.78 is 5.90. The Kier molecular flexibility index (Phi) is 3.50. The summed E-state index contributed by atoms with van der Waals surface area (Å²) in [7, 11) is 1.51. The monoisotopic (exact) mass is 248 g/mol. The quantitative estimate of drug-likeness (QED) is 0.600. The van der Waals surface area contributed by atoms with Crippen LogP contribution in [-0.4, -0.2) is 18.3 Å². The molecular weight excluding hydrogens is 240 g/mol. The first-order valence-electron chi connectivity index (χ1n) is 3.68. The third kappa shape index (κ3) is 2.32. The van der Waals surface area contributed by atoms with Crippen LogP contribution in [0.5, 0.6) is 0 Å². The van der Waals surface area contributed by atoms with E-state index in [9.17, 15) is 4.79 Å². The van der Waals surface area contributed by atoms with Gasteiger partial charge in [-0.15, -0.1) is 0 Å². The van der Waals surface area contributed by atoms with Gasteiger partial charge in [0, 0.05) is 10.1 Å². The molecule has 0 unspecified atom stereocenters. The minimum Gasteiger partial charge on any atom is -0.496 e. The summed E-state index contributed by atoms with van der Waals surface area (Å²) in [5.74, 6) is -0.138. The van der Waals surface area contributed by atoms with E-state index < -0.39 is 5.97 Å². The number of halogens is 1. The molecule has 0 spiro atoms. The van der Waals surface area contributed by atoms with Crippen molar-refractivity contribution in [3.8, 4) is 0 Å². The normalized spacial score (nSPS) is 16.7. The summed E-state index contributed by atoms with van der Waals surface area (Å²) in [5.41, 5.74) is 0.405. The second-order valence-electron chi connectivity index (χ2n) is 2.52. The molecule has 0 bridgehead atoms. The van der Waals surface area contributed by atoms with Gasteiger partial charge in [-0.3, -0.25) is 4.89 Å². The van der Waals surface area contributed by atoms with E-state index in [4.69, 9.17) is 9.99 Å². The first-order chi connectivity index (χ1) is 6.19. The standard InChI is InChI=1S/C8H9BrO4/c1-12-7-4-5(8(10)13-11)2-3-6(7)9/h4,11H,2-3H2,1H3. The van der Waals surface area contributed by atoms with Crippen LogP contribution < -0.4 is 0 Å². The molecule has 1 rings (SSSR count). The van der Waals surface area contributed by atoms with Gasteiger partial charge < -0.3 is 4.74 Å². The van der Waals surface area contributed by atoms with Gasteiger partial charge >= 0.3 is 5.97 Å².